The summed E-state index contributed by atoms with van der Waals surface area (Å²) >= 11 is 0. The molecule has 0 bridgehead atoms. The van der Waals surface area contributed by atoms with Crippen molar-refractivity contribution in [1.82, 2.24) is 14.5 Å². The van der Waals surface area contributed by atoms with E-state index in [1.165, 1.54) is 4.57 Å². The third kappa shape index (κ3) is 2.18. The average Bonchev–Trinajstić information content (AvgIpc) is 2.50. The monoisotopic (exact) mass is 273 g/mol. The summed E-state index contributed by atoms with van der Waals surface area (Å²) in [4.78, 5) is 24.9. The summed E-state index contributed by atoms with van der Waals surface area (Å²) in [7, 11) is 1.72. The summed E-state index contributed by atoms with van der Waals surface area (Å²) in [6.45, 7) is 2.41. The number of rotatable bonds is 2. The molecule has 1 aliphatic rings. The number of hydrogen-bond donors (Lipinski definition) is 1. The third-order valence-corrected chi connectivity index (χ3v) is 4.10. The van der Waals surface area contributed by atoms with Gasteiger partial charge in [0, 0.05) is 13.6 Å². The Morgan fingerprint density at radius 2 is 2.10 bits per heavy atom. The second-order valence-electron chi connectivity index (χ2n) is 5.49. The number of piperidine rings is 1. The van der Waals surface area contributed by atoms with Crippen LogP contribution in [0, 0.1) is 5.92 Å². The SMILES string of the molecule is Cn1c(=O)n(CC2CCCNC2)c(=O)c2ccccc21. The second kappa shape index (κ2) is 5.25. The number of aryl methyl sites for hydroxylation is 1. The minimum Gasteiger partial charge on any atom is -0.316 e. The quantitative estimate of drug-likeness (QED) is 0.876. The minimum absolute atomic E-state index is 0.172. The average molecular weight is 273 g/mol. The molecule has 106 valence electrons. The Kier molecular flexibility index (Phi) is 3.44. The van der Waals surface area contributed by atoms with Gasteiger partial charge in [0.05, 0.1) is 10.9 Å². The van der Waals surface area contributed by atoms with Crippen molar-refractivity contribution < 1.29 is 0 Å². The number of fused-ring (bicyclic) bond motifs is 1. The van der Waals surface area contributed by atoms with Crippen LogP contribution < -0.4 is 16.6 Å². The standard InChI is InChI=1S/C15H19N3O2/c1-17-13-7-3-2-6-12(13)14(19)18(15(17)20)10-11-5-4-8-16-9-11/h2-3,6-7,11,16H,4-5,8-10H2,1H3. The zero-order valence-corrected chi connectivity index (χ0v) is 11.6. The number of para-hydroxylation sites is 1. The first-order valence-electron chi connectivity index (χ1n) is 7.08. The van der Waals surface area contributed by atoms with Crippen LogP contribution in [-0.2, 0) is 13.6 Å². The van der Waals surface area contributed by atoms with Gasteiger partial charge in [-0.2, -0.15) is 0 Å². The zero-order valence-electron chi connectivity index (χ0n) is 11.6. The van der Waals surface area contributed by atoms with E-state index >= 15 is 0 Å². The van der Waals surface area contributed by atoms with Crippen molar-refractivity contribution >= 4 is 10.9 Å². The van der Waals surface area contributed by atoms with Gasteiger partial charge in [-0.1, -0.05) is 12.1 Å². The van der Waals surface area contributed by atoms with Crippen molar-refractivity contribution in [3.05, 3.63) is 45.1 Å². The van der Waals surface area contributed by atoms with Gasteiger partial charge in [-0.25, -0.2) is 4.79 Å². The molecule has 0 spiro atoms. The maximum Gasteiger partial charge on any atom is 0.331 e. The van der Waals surface area contributed by atoms with Gasteiger partial charge < -0.3 is 5.32 Å². The molecule has 1 saturated heterocycles. The smallest absolute Gasteiger partial charge is 0.316 e. The van der Waals surface area contributed by atoms with Crippen LogP contribution in [0.5, 0.6) is 0 Å². The number of aromatic nitrogens is 2. The topological polar surface area (TPSA) is 56.0 Å². The Morgan fingerprint density at radius 3 is 2.85 bits per heavy atom. The molecule has 1 fully saturated rings. The molecule has 3 rings (SSSR count). The molecule has 0 saturated carbocycles. The molecule has 5 nitrogen and oxygen atoms in total. The predicted molar refractivity (Wildman–Crippen MR) is 79.0 cm³/mol. The van der Waals surface area contributed by atoms with Crippen molar-refractivity contribution in [1.29, 1.82) is 0 Å². The molecule has 2 aromatic rings. The Hall–Kier alpha value is -1.88. The Morgan fingerprint density at radius 1 is 1.30 bits per heavy atom. The van der Waals surface area contributed by atoms with Crippen LogP contribution in [-0.4, -0.2) is 22.2 Å². The minimum atomic E-state index is -0.223. The first kappa shape index (κ1) is 13.1. The van der Waals surface area contributed by atoms with Crippen LogP contribution >= 0.6 is 0 Å². The van der Waals surface area contributed by atoms with Crippen LogP contribution in [0.4, 0.5) is 0 Å². The van der Waals surface area contributed by atoms with E-state index in [1.54, 1.807) is 17.7 Å². The van der Waals surface area contributed by atoms with Crippen molar-refractivity contribution in [3.8, 4) is 0 Å². The number of benzene rings is 1. The molecule has 0 radical (unpaired) electrons. The van der Waals surface area contributed by atoms with Gasteiger partial charge in [0.1, 0.15) is 0 Å². The first-order valence-corrected chi connectivity index (χ1v) is 7.08. The van der Waals surface area contributed by atoms with Gasteiger partial charge in [0.15, 0.2) is 0 Å². The van der Waals surface area contributed by atoms with Gasteiger partial charge in [-0.3, -0.25) is 13.9 Å². The zero-order chi connectivity index (χ0) is 14.1. The largest absolute Gasteiger partial charge is 0.331 e. The number of nitrogens with zero attached hydrogens (tertiary/aromatic N) is 2. The maximum absolute atomic E-state index is 12.5. The summed E-state index contributed by atoms with van der Waals surface area (Å²) in [6.07, 6.45) is 2.17. The van der Waals surface area contributed by atoms with Crippen LogP contribution in [0.1, 0.15) is 12.8 Å². The van der Waals surface area contributed by atoms with Crippen molar-refractivity contribution in [2.75, 3.05) is 13.1 Å². The van der Waals surface area contributed by atoms with Gasteiger partial charge in [-0.05, 0) is 44.0 Å². The summed E-state index contributed by atoms with van der Waals surface area (Å²) in [5, 5.41) is 3.93. The van der Waals surface area contributed by atoms with E-state index in [9.17, 15) is 9.59 Å². The lowest BCUT2D eigenvalue weighted by Crippen LogP contribution is -2.43. The molecule has 1 N–H and O–H groups in total. The highest BCUT2D eigenvalue weighted by atomic mass is 16.2. The lowest BCUT2D eigenvalue weighted by molar-refractivity contribution is 0.327. The summed E-state index contributed by atoms with van der Waals surface area (Å²) in [5.74, 6) is 0.357. The summed E-state index contributed by atoms with van der Waals surface area (Å²) in [6, 6.07) is 7.27. The lowest BCUT2D eigenvalue weighted by Gasteiger charge is -2.23. The molecule has 1 unspecified atom stereocenters. The summed E-state index contributed by atoms with van der Waals surface area (Å²) in [5.41, 5.74) is 0.300. The number of hydrogen-bond acceptors (Lipinski definition) is 3. The molecule has 5 heteroatoms. The molecule has 1 aromatic heterocycles. The van der Waals surface area contributed by atoms with Crippen LogP contribution in [0.15, 0.2) is 33.9 Å². The van der Waals surface area contributed by atoms with E-state index in [2.05, 4.69) is 5.32 Å². The molecule has 0 amide bonds. The fourth-order valence-electron chi connectivity index (χ4n) is 2.96. The van der Waals surface area contributed by atoms with Crippen LogP contribution in [0.3, 0.4) is 0 Å². The van der Waals surface area contributed by atoms with Gasteiger partial charge in [-0.15, -0.1) is 0 Å². The van der Waals surface area contributed by atoms with Crippen molar-refractivity contribution in [3.63, 3.8) is 0 Å². The summed E-state index contributed by atoms with van der Waals surface area (Å²) < 4.78 is 2.95. The molecule has 1 aromatic carbocycles. The van der Waals surface area contributed by atoms with E-state index < -0.39 is 0 Å². The first-order chi connectivity index (χ1) is 9.68. The molecule has 1 aliphatic heterocycles. The normalized spacial score (nSPS) is 19.4. The van der Waals surface area contributed by atoms with E-state index in [0.29, 0.717) is 23.4 Å². The fourth-order valence-corrected chi connectivity index (χ4v) is 2.96. The highest BCUT2D eigenvalue weighted by Crippen LogP contribution is 2.12. The molecule has 2 heterocycles. The van der Waals surface area contributed by atoms with Crippen LogP contribution in [0.2, 0.25) is 0 Å². The number of nitrogens with one attached hydrogen (secondary N) is 1. The van der Waals surface area contributed by atoms with Crippen molar-refractivity contribution in [2.45, 2.75) is 19.4 Å². The predicted octanol–water partition coefficient (Wildman–Crippen LogP) is 0.700. The highest BCUT2D eigenvalue weighted by molar-refractivity contribution is 5.77. The maximum atomic E-state index is 12.5. The fraction of sp³-hybridized carbons (Fsp3) is 0.467. The molecular formula is C15H19N3O2. The molecule has 0 aliphatic carbocycles. The van der Waals surface area contributed by atoms with Gasteiger partial charge >= 0.3 is 5.69 Å². The van der Waals surface area contributed by atoms with E-state index in [-0.39, 0.29) is 11.2 Å². The molecule has 20 heavy (non-hydrogen) atoms. The lowest BCUT2D eigenvalue weighted by atomic mass is 10.00. The second-order valence-corrected chi connectivity index (χ2v) is 5.49. The van der Waals surface area contributed by atoms with Crippen molar-refractivity contribution in [2.24, 2.45) is 13.0 Å². The van der Waals surface area contributed by atoms with Crippen LogP contribution in [0.25, 0.3) is 10.9 Å². The van der Waals surface area contributed by atoms with E-state index in [1.807, 2.05) is 18.2 Å². The van der Waals surface area contributed by atoms with Gasteiger partial charge in [0.2, 0.25) is 0 Å². The Bertz CT molecular complexity index is 739. The molecular weight excluding hydrogens is 254 g/mol. The van der Waals surface area contributed by atoms with E-state index in [0.717, 1.165) is 25.9 Å². The van der Waals surface area contributed by atoms with E-state index in [4.69, 9.17) is 0 Å². The Balaban J connectivity index is 2.10. The Labute approximate surface area is 116 Å². The van der Waals surface area contributed by atoms with Gasteiger partial charge in [0.25, 0.3) is 5.56 Å². The third-order valence-electron chi connectivity index (χ3n) is 4.10. The highest BCUT2D eigenvalue weighted by Gasteiger charge is 2.17. The molecule has 1 atom stereocenters.